The van der Waals surface area contributed by atoms with Crippen molar-refractivity contribution in [1.29, 1.82) is 0 Å². The van der Waals surface area contributed by atoms with Crippen LogP contribution >= 0.6 is 12.4 Å². The molecule has 0 fully saturated rings. The lowest BCUT2D eigenvalue weighted by atomic mass is 10.00. The predicted octanol–water partition coefficient (Wildman–Crippen LogP) is 3.28. The van der Waals surface area contributed by atoms with Crippen LogP contribution in [-0.2, 0) is 11.2 Å². The highest BCUT2D eigenvalue weighted by atomic mass is 35.5. The Balaban J connectivity index is 0.00000392. The van der Waals surface area contributed by atoms with E-state index >= 15 is 0 Å². The fraction of sp³-hybridized carbons (Fsp3) is 0.348. The summed E-state index contributed by atoms with van der Waals surface area (Å²) in [6.07, 6.45) is 4.46. The summed E-state index contributed by atoms with van der Waals surface area (Å²) in [6.45, 7) is 4.05. The molecular formula is C23H28ClNO3. The van der Waals surface area contributed by atoms with Crippen LogP contribution in [0.2, 0.25) is 0 Å². The molecule has 0 saturated carbocycles. The Morgan fingerprint density at radius 3 is 2.29 bits per heavy atom. The topological polar surface area (TPSA) is 58.6 Å². The van der Waals surface area contributed by atoms with Gasteiger partial charge in [0.05, 0.1) is 18.2 Å². The number of halogens is 1. The molecule has 2 N–H and O–H groups in total. The average Bonchev–Trinajstić information content (AvgIpc) is 2.70. The summed E-state index contributed by atoms with van der Waals surface area (Å²) in [5.41, 5.74) is 1.09. The maximum atomic E-state index is 12.9. The van der Waals surface area contributed by atoms with Crippen molar-refractivity contribution >= 4 is 18.2 Å². The number of ether oxygens (including phenoxy) is 1. The van der Waals surface area contributed by atoms with Crippen LogP contribution in [0.1, 0.15) is 29.8 Å². The van der Waals surface area contributed by atoms with E-state index in [1.165, 1.54) is 0 Å². The predicted molar refractivity (Wildman–Crippen MR) is 115 cm³/mol. The van der Waals surface area contributed by atoms with E-state index in [1.54, 1.807) is 12.1 Å². The zero-order valence-corrected chi connectivity index (χ0v) is 17.1. The first-order chi connectivity index (χ1) is 12.9. The van der Waals surface area contributed by atoms with Crippen LogP contribution in [0.15, 0.2) is 60.7 Å². The van der Waals surface area contributed by atoms with Crippen LogP contribution in [0.4, 0.5) is 0 Å². The Labute approximate surface area is 173 Å². The molecule has 28 heavy (non-hydrogen) atoms. The number of hydrogen-bond donors (Lipinski definition) is 2. The van der Waals surface area contributed by atoms with E-state index in [0.29, 0.717) is 12.0 Å². The van der Waals surface area contributed by atoms with Crippen molar-refractivity contribution < 1.29 is 14.6 Å². The largest absolute Gasteiger partial charge is 0.389 e. The van der Waals surface area contributed by atoms with Gasteiger partial charge in [0.15, 0.2) is 5.78 Å². The van der Waals surface area contributed by atoms with E-state index in [1.807, 2.05) is 62.4 Å². The minimum absolute atomic E-state index is 0. The lowest BCUT2D eigenvalue weighted by Gasteiger charge is -2.23. The van der Waals surface area contributed by atoms with Gasteiger partial charge in [0.25, 0.3) is 0 Å². The van der Waals surface area contributed by atoms with Crippen molar-refractivity contribution in [2.24, 2.45) is 0 Å². The number of carbonyl (C=O) groups is 1. The van der Waals surface area contributed by atoms with Gasteiger partial charge in [0.2, 0.25) is 0 Å². The molecule has 0 bridgehead atoms. The lowest BCUT2D eigenvalue weighted by Crippen LogP contribution is -2.44. The van der Waals surface area contributed by atoms with Gasteiger partial charge < -0.3 is 9.84 Å². The number of aliphatic hydroxyl groups excluding tert-OH is 1. The standard InChI is InChI=1S/C23H27NO3.ClH/c1-4-23(2,3)24-16-20(25)17-27-21(15-18-11-7-5-8-12-18)22(26)19-13-9-6-10-14-19;/h1,5-14,20-21,24-25H,15-17H2,2-3H3;1H. The molecule has 2 aromatic rings. The Bertz CT molecular complexity index is 756. The average molecular weight is 402 g/mol. The molecule has 2 unspecified atom stereocenters. The van der Waals surface area contributed by atoms with Crippen molar-refractivity contribution in [3.63, 3.8) is 0 Å². The van der Waals surface area contributed by atoms with Gasteiger partial charge in [-0.2, -0.15) is 0 Å². The molecule has 0 aliphatic rings. The van der Waals surface area contributed by atoms with Crippen LogP contribution in [-0.4, -0.2) is 41.8 Å². The van der Waals surface area contributed by atoms with E-state index in [4.69, 9.17) is 11.2 Å². The third kappa shape index (κ3) is 7.84. The molecule has 5 heteroatoms. The Morgan fingerprint density at radius 2 is 1.71 bits per heavy atom. The van der Waals surface area contributed by atoms with Crippen molar-refractivity contribution in [2.45, 2.75) is 38.0 Å². The first-order valence-corrected chi connectivity index (χ1v) is 9.07. The fourth-order valence-electron chi connectivity index (χ4n) is 2.55. The maximum absolute atomic E-state index is 12.9. The Morgan fingerprint density at radius 1 is 1.14 bits per heavy atom. The second-order valence-corrected chi connectivity index (χ2v) is 7.05. The summed E-state index contributed by atoms with van der Waals surface area (Å²) in [4.78, 5) is 12.9. The van der Waals surface area contributed by atoms with Gasteiger partial charge in [-0.3, -0.25) is 10.1 Å². The van der Waals surface area contributed by atoms with E-state index < -0.39 is 17.7 Å². The summed E-state index contributed by atoms with van der Waals surface area (Å²) < 4.78 is 5.83. The normalized spacial score (nSPS) is 13.1. The molecule has 0 saturated heterocycles. The quantitative estimate of drug-likeness (QED) is 0.474. The van der Waals surface area contributed by atoms with Gasteiger partial charge in [-0.05, 0) is 19.4 Å². The number of hydrogen-bond acceptors (Lipinski definition) is 4. The highest BCUT2D eigenvalue weighted by Gasteiger charge is 2.23. The van der Waals surface area contributed by atoms with E-state index in [9.17, 15) is 9.90 Å². The van der Waals surface area contributed by atoms with Crippen LogP contribution in [0.5, 0.6) is 0 Å². The first kappa shape index (κ1) is 23.9. The van der Waals surface area contributed by atoms with E-state index in [-0.39, 0.29) is 31.3 Å². The first-order valence-electron chi connectivity index (χ1n) is 9.07. The smallest absolute Gasteiger partial charge is 0.191 e. The third-order valence-electron chi connectivity index (χ3n) is 4.24. The third-order valence-corrected chi connectivity index (χ3v) is 4.24. The molecule has 2 atom stereocenters. The summed E-state index contributed by atoms with van der Waals surface area (Å²) in [6, 6.07) is 18.8. The van der Waals surface area contributed by atoms with Gasteiger partial charge in [-0.1, -0.05) is 66.6 Å². The maximum Gasteiger partial charge on any atom is 0.191 e. The molecule has 4 nitrogen and oxygen atoms in total. The van der Waals surface area contributed by atoms with Gasteiger partial charge in [-0.25, -0.2) is 0 Å². The SMILES string of the molecule is C#CC(C)(C)NCC(O)COC(Cc1ccccc1)C(=O)c1ccccc1.Cl. The highest BCUT2D eigenvalue weighted by Crippen LogP contribution is 2.13. The molecule has 0 spiro atoms. The lowest BCUT2D eigenvalue weighted by molar-refractivity contribution is -0.00279. The van der Waals surface area contributed by atoms with Gasteiger partial charge >= 0.3 is 0 Å². The molecule has 0 amide bonds. The number of carbonyl (C=O) groups excluding carboxylic acids is 1. The molecule has 2 aromatic carbocycles. The van der Waals surface area contributed by atoms with Crippen molar-refractivity contribution in [3.05, 3.63) is 71.8 Å². The Kier molecular flexibility index (Phi) is 9.92. The number of nitrogens with one attached hydrogen (secondary N) is 1. The molecular weight excluding hydrogens is 374 g/mol. The van der Waals surface area contributed by atoms with Crippen molar-refractivity contribution in [3.8, 4) is 12.3 Å². The van der Waals surface area contributed by atoms with Crippen LogP contribution in [0, 0.1) is 12.3 Å². The van der Waals surface area contributed by atoms with Crippen molar-refractivity contribution in [1.82, 2.24) is 5.32 Å². The molecule has 0 aliphatic heterocycles. The number of terminal acetylenes is 1. The number of Topliss-reactive ketones (excluding diaryl/α,β-unsaturated/α-hetero) is 1. The molecule has 0 heterocycles. The second-order valence-electron chi connectivity index (χ2n) is 7.05. The van der Waals surface area contributed by atoms with Crippen molar-refractivity contribution in [2.75, 3.05) is 13.2 Å². The number of benzene rings is 2. The minimum atomic E-state index is -0.764. The van der Waals surface area contributed by atoms with Gasteiger partial charge in [0, 0.05) is 18.5 Å². The second kappa shape index (κ2) is 11.6. The number of β-amino-alcohol motifs (C(OH)–C–C–N with tert-alkyl or cyclic N) is 1. The van der Waals surface area contributed by atoms with Crippen LogP contribution in [0.25, 0.3) is 0 Å². The molecule has 0 radical (unpaired) electrons. The number of rotatable bonds is 10. The van der Waals surface area contributed by atoms with Crippen LogP contribution < -0.4 is 5.32 Å². The highest BCUT2D eigenvalue weighted by molar-refractivity contribution is 5.99. The zero-order chi connectivity index (χ0) is 19.7. The number of ketones is 1. The minimum Gasteiger partial charge on any atom is -0.389 e. The molecule has 2 rings (SSSR count). The monoisotopic (exact) mass is 401 g/mol. The van der Waals surface area contributed by atoms with E-state index in [2.05, 4.69) is 11.2 Å². The number of aliphatic hydroxyl groups is 1. The molecule has 0 aromatic heterocycles. The summed E-state index contributed by atoms with van der Waals surface area (Å²) in [7, 11) is 0. The molecule has 0 aliphatic carbocycles. The van der Waals surface area contributed by atoms with E-state index in [0.717, 1.165) is 5.56 Å². The van der Waals surface area contributed by atoms with Gasteiger partial charge in [0.1, 0.15) is 6.10 Å². The summed E-state index contributed by atoms with van der Waals surface area (Å²) in [5.74, 6) is 2.52. The fourth-order valence-corrected chi connectivity index (χ4v) is 2.55. The summed E-state index contributed by atoms with van der Waals surface area (Å²) in [5, 5.41) is 13.3. The van der Waals surface area contributed by atoms with Gasteiger partial charge in [-0.15, -0.1) is 18.8 Å². The zero-order valence-electron chi connectivity index (χ0n) is 16.3. The molecule has 150 valence electrons. The summed E-state index contributed by atoms with van der Waals surface area (Å²) >= 11 is 0. The van der Waals surface area contributed by atoms with Crippen LogP contribution in [0.3, 0.4) is 0 Å². The Hall–Kier alpha value is -2.16.